The van der Waals surface area contributed by atoms with E-state index in [4.69, 9.17) is 10.2 Å². The van der Waals surface area contributed by atoms with E-state index in [0.29, 0.717) is 11.1 Å². The van der Waals surface area contributed by atoms with Gasteiger partial charge in [-0.2, -0.15) is 0 Å². The van der Waals surface area contributed by atoms with Crippen LogP contribution in [0, 0.1) is 0 Å². The monoisotopic (exact) mass is 508 g/mol. The summed E-state index contributed by atoms with van der Waals surface area (Å²) in [6, 6.07) is 12.6. The first-order valence-electron chi connectivity index (χ1n) is 6.26. The van der Waals surface area contributed by atoms with E-state index in [0.717, 1.165) is 0 Å². The molecule has 0 heterocycles. The number of phenols is 2. The van der Waals surface area contributed by atoms with E-state index in [1.807, 2.05) is 0 Å². The molecule has 2 N–H and O–H groups in total. The quantitative estimate of drug-likeness (QED) is 0.436. The number of phenolic OH excluding ortho intramolecular Hbond substituents is 2. The largest absolute Gasteiger partial charge is 0.508 e. The predicted octanol–water partition coefficient (Wildman–Crippen LogP) is 5.26. The molecule has 0 aliphatic carbocycles. The van der Waals surface area contributed by atoms with Gasteiger partial charge in [-0.3, -0.25) is 9.59 Å². The Bertz CT molecular complexity index is 645. The summed E-state index contributed by atoms with van der Waals surface area (Å²) in [6.45, 7) is 1.47. The molecule has 0 unspecified atom stereocenters. The van der Waals surface area contributed by atoms with Crippen molar-refractivity contribution in [3.63, 3.8) is 0 Å². The van der Waals surface area contributed by atoms with Crippen molar-refractivity contribution in [1.82, 2.24) is 0 Å². The predicted molar refractivity (Wildman–Crippen MR) is 102 cm³/mol. The number of ketones is 2. The minimum absolute atomic E-state index is 0.0269. The van der Waals surface area contributed by atoms with Gasteiger partial charge in [-0.1, -0.05) is 40.2 Å². The Morgan fingerprint density at radius 3 is 1.70 bits per heavy atom. The van der Waals surface area contributed by atoms with Gasteiger partial charge >= 0.3 is 0 Å². The Morgan fingerprint density at radius 2 is 1.35 bits per heavy atom. The highest BCUT2D eigenvalue weighted by Gasteiger charge is 2.02. The van der Waals surface area contributed by atoms with Gasteiger partial charge in [-0.15, -0.1) is 0 Å². The van der Waals surface area contributed by atoms with Crippen LogP contribution in [0.3, 0.4) is 0 Å². The molecule has 0 amide bonds. The van der Waals surface area contributed by atoms with E-state index in [-0.39, 0.29) is 28.4 Å². The van der Waals surface area contributed by atoms with Crippen LogP contribution in [0.25, 0.3) is 0 Å². The van der Waals surface area contributed by atoms with Gasteiger partial charge < -0.3 is 10.2 Å². The summed E-state index contributed by atoms with van der Waals surface area (Å²) in [4.78, 5) is 21.7. The smallest absolute Gasteiger partial charge is 0.173 e. The first-order chi connectivity index (χ1) is 10.9. The molecule has 0 saturated carbocycles. The van der Waals surface area contributed by atoms with Crippen molar-refractivity contribution in [3.8, 4) is 11.5 Å². The Balaban J connectivity index is 0.000000381. The van der Waals surface area contributed by atoms with Crippen LogP contribution in [0.4, 0.5) is 0 Å². The molecule has 2 rings (SSSR count). The number of alkyl halides is 1. The van der Waals surface area contributed by atoms with E-state index >= 15 is 0 Å². The van der Waals surface area contributed by atoms with Crippen LogP contribution in [0.15, 0.2) is 48.5 Å². The van der Waals surface area contributed by atoms with Gasteiger partial charge in [0.2, 0.25) is 0 Å². The zero-order valence-corrected chi connectivity index (χ0v) is 16.9. The molecule has 0 fully saturated rings. The fraction of sp³-hybridized carbons (Fsp3) is 0.125. The number of halogens is 3. The molecule has 0 aliphatic rings. The minimum Gasteiger partial charge on any atom is -0.508 e. The number of hydrogen-bond donors (Lipinski definition) is 2. The molecule has 0 atom stereocenters. The highest BCUT2D eigenvalue weighted by atomic mass is 80.9. The van der Waals surface area contributed by atoms with Crippen molar-refractivity contribution >= 4 is 55.8 Å². The molecule has 7 heteroatoms. The first kappa shape index (κ1) is 21.8. The molecular formula is C16H15Br3O4. The summed E-state index contributed by atoms with van der Waals surface area (Å²) in [5.41, 5.74) is 1.07. The summed E-state index contributed by atoms with van der Waals surface area (Å²) >= 11 is 8.54. The lowest BCUT2D eigenvalue weighted by atomic mass is 10.1. The van der Waals surface area contributed by atoms with Gasteiger partial charge in [-0.25, -0.2) is 0 Å². The fourth-order valence-electron chi connectivity index (χ4n) is 1.48. The van der Waals surface area contributed by atoms with Crippen molar-refractivity contribution in [2.24, 2.45) is 0 Å². The second-order valence-corrected chi connectivity index (χ2v) is 4.77. The van der Waals surface area contributed by atoms with Gasteiger partial charge in [-0.05, 0) is 31.2 Å². The van der Waals surface area contributed by atoms with Crippen molar-refractivity contribution in [1.29, 1.82) is 0 Å². The minimum atomic E-state index is -0.0316. The molecular weight excluding hydrogens is 496 g/mol. The Hall–Kier alpha value is -1.18. The highest BCUT2D eigenvalue weighted by Crippen LogP contribution is 2.12. The maximum absolute atomic E-state index is 11.0. The Labute approximate surface area is 158 Å². The molecule has 0 saturated heterocycles. The van der Waals surface area contributed by atoms with Gasteiger partial charge in [0.05, 0.1) is 5.33 Å². The zero-order valence-electron chi connectivity index (χ0n) is 12.2. The number of carbonyl (C=O) groups excluding carboxylic acids is 2. The maximum atomic E-state index is 11.0. The van der Waals surface area contributed by atoms with Gasteiger partial charge in [0.15, 0.2) is 11.6 Å². The Kier molecular flexibility index (Phi) is 11.6. The number of hydrogen-bond acceptors (Lipinski definition) is 4. The molecule has 23 heavy (non-hydrogen) atoms. The fourth-order valence-corrected chi connectivity index (χ4v) is 1.81. The first-order valence-corrected chi connectivity index (χ1v) is 11.1. The second-order valence-electron chi connectivity index (χ2n) is 4.21. The summed E-state index contributed by atoms with van der Waals surface area (Å²) in [6.07, 6.45) is 0. The topological polar surface area (TPSA) is 74.6 Å². The number of aromatic hydroxyl groups is 2. The highest BCUT2D eigenvalue weighted by molar-refractivity contribution is 9.93. The van der Waals surface area contributed by atoms with Crippen LogP contribution in [-0.2, 0) is 0 Å². The second kappa shape index (κ2) is 12.3. The van der Waals surface area contributed by atoms with Crippen molar-refractivity contribution in [2.75, 3.05) is 5.33 Å². The van der Waals surface area contributed by atoms with E-state index in [1.54, 1.807) is 24.3 Å². The maximum Gasteiger partial charge on any atom is 0.173 e. The average Bonchev–Trinajstić information content (AvgIpc) is 2.56. The SMILES string of the molecule is BrBr.CC(=O)c1cccc(O)c1.O=C(CBr)c1cccc(O)c1. The molecule has 0 radical (unpaired) electrons. The number of rotatable bonds is 3. The zero-order chi connectivity index (χ0) is 17.8. The van der Waals surface area contributed by atoms with Gasteiger partial charge in [0.1, 0.15) is 11.5 Å². The molecule has 2 aromatic rings. The van der Waals surface area contributed by atoms with Gasteiger partial charge in [0.25, 0.3) is 0 Å². The molecule has 4 nitrogen and oxygen atoms in total. The number of carbonyl (C=O) groups is 2. The van der Waals surface area contributed by atoms with Crippen LogP contribution in [0.2, 0.25) is 0 Å². The van der Waals surface area contributed by atoms with E-state index < -0.39 is 0 Å². The average molecular weight is 511 g/mol. The van der Waals surface area contributed by atoms with Crippen molar-refractivity contribution < 1.29 is 19.8 Å². The third-order valence-electron chi connectivity index (χ3n) is 2.54. The Morgan fingerprint density at radius 1 is 0.913 bits per heavy atom. The molecule has 0 spiro atoms. The van der Waals surface area contributed by atoms with Crippen LogP contribution in [0.5, 0.6) is 11.5 Å². The number of Topliss-reactive ketones (excluding diaryl/α,β-unsaturated/α-hetero) is 2. The third-order valence-corrected chi connectivity index (χ3v) is 3.05. The van der Waals surface area contributed by atoms with Crippen molar-refractivity contribution in [2.45, 2.75) is 6.92 Å². The molecule has 0 aliphatic heterocycles. The third kappa shape index (κ3) is 8.88. The van der Waals surface area contributed by atoms with Gasteiger partial charge in [0, 0.05) is 39.4 Å². The lowest BCUT2D eigenvalue weighted by molar-refractivity contribution is 0.101. The lowest BCUT2D eigenvalue weighted by Crippen LogP contribution is -1.98. The van der Waals surface area contributed by atoms with Crippen molar-refractivity contribution in [3.05, 3.63) is 59.7 Å². The normalized spacial score (nSPS) is 8.87. The molecule has 124 valence electrons. The standard InChI is InChI=1S/C8H7BrO2.C8H8O2.Br2/c9-5-8(11)6-2-1-3-7(10)4-6;1-6(9)7-3-2-4-8(10)5-7;1-2/h1-4,10H,5H2;2-5,10H,1H3;. The van der Waals surface area contributed by atoms with Crippen LogP contribution < -0.4 is 0 Å². The van der Waals surface area contributed by atoms with Crippen LogP contribution in [-0.4, -0.2) is 27.1 Å². The number of benzene rings is 2. The molecule has 0 bridgehead atoms. The summed E-state index contributed by atoms with van der Waals surface area (Å²) in [5.74, 6) is 0.196. The van der Waals surface area contributed by atoms with Crippen LogP contribution >= 0.6 is 44.2 Å². The van der Waals surface area contributed by atoms with Crippen LogP contribution in [0.1, 0.15) is 27.6 Å². The lowest BCUT2D eigenvalue weighted by Gasteiger charge is -1.96. The molecule has 2 aromatic carbocycles. The van der Waals surface area contributed by atoms with E-state index in [1.165, 1.54) is 31.2 Å². The summed E-state index contributed by atoms with van der Waals surface area (Å²) in [5, 5.41) is 18.2. The summed E-state index contributed by atoms with van der Waals surface area (Å²) < 4.78 is 0. The summed E-state index contributed by atoms with van der Waals surface area (Å²) in [7, 11) is 0. The van der Waals surface area contributed by atoms with E-state index in [2.05, 4.69) is 44.2 Å². The van der Waals surface area contributed by atoms with E-state index in [9.17, 15) is 9.59 Å². The molecule has 0 aromatic heterocycles.